The second-order valence-electron chi connectivity index (χ2n) is 5.61. The lowest BCUT2D eigenvalue weighted by atomic mass is 9.84. The van der Waals surface area contributed by atoms with Crippen molar-refractivity contribution in [1.82, 2.24) is 4.72 Å². The number of aliphatic hydroxyl groups excluding tert-OH is 1. The zero-order chi connectivity index (χ0) is 14.6. The summed E-state index contributed by atoms with van der Waals surface area (Å²) in [5.74, 6) is 0.574. The quantitative estimate of drug-likeness (QED) is 0.877. The molecule has 1 fully saturated rings. The summed E-state index contributed by atoms with van der Waals surface area (Å²) in [5.41, 5.74) is 1.24. The Kier molecular flexibility index (Phi) is 5.18. The van der Waals surface area contributed by atoms with Gasteiger partial charge in [0, 0.05) is 6.04 Å². The zero-order valence-electron chi connectivity index (χ0n) is 11.9. The Bertz CT molecular complexity index is 519. The minimum absolute atomic E-state index is 0.209. The second-order valence-corrected chi connectivity index (χ2v) is 7.32. The van der Waals surface area contributed by atoms with Crippen LogP contribution >= 0.6 is 0 Å². The lowest BCUT2D eigenvalue weighted by molar-refractivity contribution is 0.265. The lowest BCUT2D eigenvalue weighted by Crippen LogP contribution is -2.34. The Morgan fingerprint density at radius 2 is 1.80 bits per heavy atom. The van der Waals surface area contributed by atoms with Gasteiger partial charge in [-0.25, -0.2) is 13.1 Å². The van der Waals surface area contributed by atoms with Gasteiger partial charge >= 0.3 is 0 Å². The van der Waals surface area contributed by atoms with Crippen molar-refractivity contribution in [3.63, 3.8) is 0 Å². The first-order chi connectivity index (χ1) is 9.53. The minimum atomic E-state index is -3.53. The van der Waals surface area contributed by atoms with Crippen molar-refractivity contribution in [2.45, 2.75) is 55.9 Å². The number of hydrogen-bond acceptors (Lipinski definition) is 3. The van der Waals surface area contributed by atoms with Crippen LogP contribution in [0.15, 0.2) is 29.2 Å². The largest absolute Gasteiger partial charge is 0.395 e. The van der Waals surface area contributed by atoms with Gasteiger partial charge in [0.05, 0.1) is 11.5 Å². The molecule has 1 unspecified atom stereocenters. The molecule has 1 saturated carbocycles. The molecular weight excluding hydrogens is 274 g/mol. The van der Waals surface area contributed by atoms with Gasteiger partial charge < -0.3 is 5.11 Å². The van der Waals surface area contributed by atoms with Crippen molar-refractivity contribution in [2.24, 2.45) is 0 Å². The summed E-state index contributed by atoms with van der Waals surface area (Å²) in [6, 6.07) is 6.70. The number of nitrogens with one attached hydrogen (secondary N) is 1. The Hall–Kier alpha value is -0.910. The van der Waals surface area contributed by atoms with Crippen LogP contribution in [0, 0.1) is 0 Å². The summed E-state index contributed by atoms with van der Waals surface area (Å²) in [6.07, 6.45) is 6.24. The Labute approximate surface area is 121 Å². The molecule has 0 radical (unpaired) electrons. The van der Waals surface area contributed by atoms with Crippen LogP contribution in [0.4, 0.5) is 0 Å². The molecule has 1 aliphatic carbocycles. The molecule has 0 amide bonds. The average molecular weight is 297 g/mol. The van der Waals surface area contributed by atoms with Crippen LogP contribution in [0.1, 0.15) is 50.5 Å². The summed E-state index contributed by atoms with van der Waals surface area (Å²) < 4.78 is 26.6. The van der Waals surface area contributed by atoms with E-state index < -0.39 is 16.1 Å². The molecule has 1 aromatic rings. The maximum Gasteiger partial charge on any atom is 0.240 e. The number of sulfonamides is 1. The molecule has 20 heavy (non-hydrogen) atoms. The third-order valence-electron chi connectivity index (χ3n) is 3.90. The van der Waals surface area contributed by atoms with E-state index in [1.54, 1.807) is 19.1 Å². The highest BCUT2D eigenvalue weighted by molar-refractivity contribution is 7.89. The van der Waals surface area contributed by atoms with E-state index in [-0.39, 0.29) is 11.5 Å². The summed E-state index contributed by atoms with van der Waals surface area (Å²) in [6.45, 7) is 1.42. The molecule has 0 saturated heterocycles. The maximum atomic E-state index is 12.1. The number of rotatable bonds is 5. The molecule has 112 valence electrons. The minimum Gasteiger partial charge on any atom is -0.395 e. The van der Waals surface area contributed by atoms with E-state index in [4.69, 9.17) is 5.11 Å². The highest BCUT2D eigenvalue weighted by atomic mass is 32.2. The van der Waals surface area contributed by atoms with Gasteiger partial charge in [-0.15, -0.1) is 0 Å². The van der Waals surface area contributed by atoms with Gasteiger partial charge in [0.1, 0.15) is 0 Å². The van der Waals surface area contributed by atoms with Gasteiger partial charge in [-0.05, 0) is 43.4 Å². The van der Waals surface area contributed by atoms with E-state index in [1.807, 2.05) is 12.1 Å². The molecule has 1 atom stereocenters. The van der Waals surface area contributed by atoms with Crippen LogP contribution in [0.5, 0.6) is 0 Å². The highest BCUT2D eigenvalue weighted by Gasteiger charge is 2.19. The van der Waals surface area contributed by atoms with E-state index in [0.29, 0.717) is 5.92 Å². The van der Waals surface area contributed by atoms with Crippen molar-refractivity contribution >= 4 is 10.0 Å². The van der Waals surface area contributed by atoms with Gasteiger partial charge in [0.25, 0.3) is 0 Å². The average Bonchev–Trinajstić information content (AvgIpc) is 2.48. The van der Waals surface area contributed by atoms with Crippen LogP contribution < -0.4 is 4.72 Å². The van der Waals surface area contributed by atoms with E-state index in [1.165, 1.54) is 37.7 Å². The first-order valence-corrected chi connectivity index (χ1v) is 8.74. The monoisotopic (exact) mass is 297 g/mol. The van der Waals surface area contributed by atoms with Crippen LogP contribution in [0.2, 0.25) is 0 Å². The number of hydrogen-bond donors (Lipinski definition) is 2. The fraction of sp³-hybridized carbons (Fsp3) is 0.600. The molecule has 0 aromatic heterocycles. The Morgan fingerprint density at radius 1 is 1.20 bits per heavy atom. The third kappa shape index (κ3) is 3.81. The zero-order valence-corrected chi connectivity index (χ0v) is 12.7. The third-order valence-corrected chi connectivity index (χ3v) is 5.50. The maximum absolute atomic E-state index is 12.1. The highest BCUT2D eigenvalue weighted by Crippen LogP contribution is 2.32. The van der Waals surface area contributed by atoms with E-state index in [2.05, 4.69) is 4.72 Å². The van der Waals surface area contributed by atoms with Crippen LogP contribution in [-0.2, 0) is 10.0 Å². The van der Waals surface area contributed by atoms with Crippen LogP contribution in [0.25, 0.3) is 0 Å². The molecule has 2 rings (SSSR count). The predicted molar refractivity (Wildman–Crippen MR) is 79.1 cm³/mol. The lowest BCUT2D eigenvalue weighted by Gasteiger charge is -2.22. The van der Waals surface area contributed by atoms with Gasteiger partial charge in [-0.1, -0.05) is 31.4 Å². The number of aliphatic hydroxyl groups is 1. The smallest absolute Gasteiger partial charge is 0.240 e. The normalized spacial score (nSPS) is 18.9. The van der Waals surface area contributed by atoms with Crippen molar-refractivity contribution in [3.05, 3.63) is 29.8 Å². The molecule has 5 heteroatoms. The van der Waals surface area contributed by atoms with E-state index in [9.17, 15) is 8.42 Å². The summed E-state index contributed by atoms with van der Waals surface area (Å²) >= 11 is 0. The first kappa shape index (κ1) is 15.5. The molecule has 4 nitrogen and oxygen atoms in total. The van der Waals surface area contributed by atoms with E-state index >= 15 is 0 Å². The Morgan fingerprint density at radius 3 is 2.35 bits per heavy atom. The SMILES string of the molecule is CC(CO)NS(=O)(=O)c1ccc(C2CCCCC2)cc1. The Balaban J connectivity index is 2.11. The van der Waals surface area contributed by atoms with Gasteiger partial charge in [-0.2, -0.15) is 0 Å². The van der Waals surface area contributed by atoms with Gasteiger partial charge in [0.2, 0.25) is 10.0 Å². The standard InChI is InChI=1S/C15H23NO3S/c1-12(11-17)16-20(18,19)15-9-7-14(8-10-15)13-5-3-2-4-6-13/h7-10,12-13,16-17H,2-6,11H2,1H3. The fourth-order valence-electron chi connectivity index (χ4n) is 2.73. The first-order valence-electron chi connectivity index (χ1n) is 7.26. The molecule has 0 aliphatic heterocycles. The molecule has 0 spiro atoms. The predicted octanol–water partition coefficient (Wildman–Crippen LogP) is 2.39. The summed E-state index contributed by atoms with van der Waals surface area (Å²) in [7, 11) is -3.53. The van der Waals surface area contributed by atoms with Crippen molar-refractivity contribution in [2.75, 3.05) is 6.61 Å². The fourth-order valence-corrected chi connectivity index (χ4v) is 3.96. The van der Waals surface area contributed by atoms with E-state index in [0.717, 1.165) is 0 Å². The molecule has 0 bridgehead atoms. The second kappa shape index (κ2) is 6.70. The van der Waals surface area contributed by atoms with Crippen LogP contribution in [-0.4, -0.2) is 26.2 Å². The topological polar surface area (TPSA) is 66.4 Å². The molecule has 0 heterocycles. The molecule has 2 N–H and O–H groups in total. The van der Waals surface area contributed by atoms with Crippen LogP contribution in [0.3, 0.4) is 0 Å². The van der Waals surface area contributed by atoms with Gasteiger partial charge in [-0.3, -0.25) is 0 Å². The van der Waals surface area contributed by atoms with Gasteiger partial charge in [0.15, 0.2) is 0 Å². The number of benzene rings is 1. The molecule has 1 aliphatic rings. The summed E-state index contributed by atoms with van der Waals surface area (Å²) in [4.78, 5) is 0.261. The van der Waals surface area contributed by atoms with Crippen molar-refractivity contribution in [1.29, 1.82) is 0 Å². The summed E-state index contributed by atoms with van der Waals surface area (Å²) in [5, 5.41) is 8.93. The molecular formula is C15H23NO3S. The van der Waals surface area contributed by atoms with Crippen molar-refractivity contribution < 1.29 is 13.5 Å². The molecule has 1 aromatic carbocycles. The van der Waals surface area contributed by atoms with Crippen molar-refractivity contribution in [3.8, 4) is 0 Å².